The molecule has 2 aromatic carbocycles. The Morgan fingerprint density at radius 3 is 2.71 bits per heavy atom. The van der Waals surface area contributed by atoms with E-state index in [4.69, 9.17) is 0 Å². The first-order valence-corrected chi connectivity index (χ1v) is 12.3. The normalized spacial score (nSPS) is 19.1. The number of fused-ring (bicyclic) bond motifs is 2. The van der Waals surface area contributed by atoms with Crippen LogP contribution in [0.15, 0.2) is 47.3 Å². The number of aryl methyl sites for hydroxylation is 2. The Bertz CT molecular complexity index is 1430. The molecule has 2 atom stereocenters. The van der Waals surface area contributed by atoms with E-state index in [1.165, 1.54) is 24.0 Å². The fourth-order valence-corrected chi connectivity index (χ4v) is 6.09. The topological polar surface area (TPSA) is 79.7 Å². The second kappa shape index (κ2) is 8.08. The molecule has 1 fully saturated rings. The highest BCUT2D eigenvalue weighted by atomic mass is 16.1. The van der Waals surface area contributed by atoms with E-state index < -0.39 is 0 Å². The summed E-state index contributed by atoms with van der Waals surface area (Å²) in [7, 11) is 0. The SMILES string of the molecule is Cc1cc(C)c2[nH]c(=O)c(C(c3nnnn3C3CCCC3)N3c4ccccc4CC3C)cc2c1. The van der Waals surface area contributed by atoms with Crippen LogP contribution < -0.4 is 10.5 Å². The first-order valence-electron chi connectivity index (χ1n) is 12.3. The number of hydrogen-bond donors (Lipinski definition) is 1. The molecule has 0 radical (unpaired) electrons. The van der Waals surface area contributed by atoms with Gasteiger partial charge in [-0.25, -0.2) is 4.68 Å². The Balaban J connectivity index is 1.60. The maximum absolute atomic E-state index is 13.7. The number of pyridine rings is 1. The van der Waals surface area contributed by atoms with Crippen LogP contribution in [0.2, 0.25) is 0 Å². The quantitative estimate of drug-likeness (QED) is 0.480. The fraction of sp³-hybridized carbons (Fsp3) is 0.407. The molecular weight excluding hydrogens is 424 g/mol. The van der Waals surface area contributed by atoms with E-state index >= 15 is 0 Å². The fourth-order valence-electron chi connectivity index (χ4n) is 6.09. The lowest BCUT2D eigenvalue weighted by atomic mass is 9.99. The van der Waals surface area contributed by atoms with Crippen LogP contribution in [-0.4, -0.2) is 31.2 Å². The minimum atomic E-state index is -0.372. The monoisotopic (exact) mass is 454 g/mol. The van der Waals surface area contributed by atoms with E-state index in [0.29, 0.717) is 5.56 Å². The molecule has 6 rings (SSSR count). The predicted octanol–water partition coefficient (Wildman–Crippen LogP) is 4.79. The van der Waals surface area contributed by atoms with Crippen molar-refractivity contribution in [2.45, 2.75) is 71.0 Å². The molecule has 2 unspecified atom stereocenters. The van der Waals surface area contributed by atoms with Crippen LogP contribution >= 0.6 is 0 Å². The highest BCUT2D eigenvalue weighted by molar-refractivity contribution is 5.83. The number of rotatable bonds is 4. The van der Waals surface area contributed by atoms with Gasteiger partial charge in [0, 0.05) is 17.3 Å². The maximum Gasteiger partial charge on any atom is 0.254 e. The summed E-state index contributed by atoms with van der Waals surface area (Å²) in [5, 5.41) is 14.1. The summed E-state index contributed by atoms with van der Waals surface area (Å²) in [5.74, 6) is 0.754. The van der Waals surface area contributed by atoms with Gasteiger partial charge in [-0.05, 0) is 85.2 Å². The zero-order valence-electron chi connectivity index (χ0n) is 20.0. The van der Waals surface area contributed by atoms with Crippen molar-refractivity contribution in [3.8, 4) is 0 Å². The van der Waals surface area contributed by atoms with Gasteiger partial charge in [-0.3, -0.25) is 4.79 Å². The van der Waals surface area contributed by atoms with Gasteiger partial charge >= 0.3 is 0 Å². The summed E-state index contributed by atoms with van der Waals surface area (Å²) in [6.07, 6.45) is 5.45. The summed E-state index contributed by atoms with van der Waals surface area (Å²) in [6, 6.07) is 14.9. The Labute approximate surface area is 198 Å². The van der Waals surface area contributed by atoms with E-state index in [1.54, 1.807) is 0 Å². The van der Waals surface area contributed by atoms with E-state index in [9.17, 15) is 4.79 Å². The number of nitrogens with one attached hydrogen (secondary N) is 1. The number of benzene rings is 2. The second-order valence-electron chi connectivity index (χ2n) is 10.0. The smallest absolute Gasteiger partial charge is 0.254 e. The molecule has 7 nitrogen and oxygen atoms in total. The minimum Gasteiger partial charge on any atom is -0.354 e. The van der Waals surface area contributed by atoms with Crippen molar-refractivity contribution >= 4 is 16.6 Å². The van der Waals surface area contributed by atoms with Crippen molar-refractivity contribution in [1.29, 1.82) is 0 Å². The van der Waals surface area contributed by atoms with E-state index in [1.807, 2.05) is 11.6 Å². The number of aromatic nitrogens is 5. The standard InChI is InChI=1S/C27H30N6O/c1-16-12-17(2)24-20(13-16)15-22(27(34)28-24)25(26-29-30-31-33(26)21-9-5-6-10-21)32-18(3)14-19-8-4-7-11-23(19)32/h4,7-8,11-13,15,18,21,25H,5-6,9-10,14H2,1-3H3,(H,28,34). The van der Waals surface area contributed by atoms with Gasteiger partial charge in [0.25, 0.3) is 5.56 Å². The number of anilines is 1. The number of para-hydroxylation sites is 1. The average Bonchev–Trinajstić information content (AvgIpc) is 3.55. The maximum atomic E-state index is 13.7. The van der Waals surface area contributed by atoms with Crippen LogP contribution in [0.3, 0.4) is 0 Å². The van der Waals surface area contributed by atoms with Gasteiger partial charge in [-0.1, -0.05) is 42.7 Å². The summed E-state index contributed by atoms with van der Waals surface area (Å²) in [4.78, 5) is 19.2. The summed E-state index contributed by atoms with van der Waals surface area (Å²) < 4.78 is 2.00. The molecule has 2 aromatic heterocycles. The highest BCUT2D eigenvalue weighted by Gasteiger charge is 2.39. The number of aromatic amines is 1. The molecule has 1 N–H and O–H groups in total. The molecule has 0 spiro atoms. The number of tetrazole rings is 1. The molecule has 0 bridgehead atoms. The molecule has 1 aliphatic carbocycles. The van der Waals surface area contributed by atoms with Crippen molar-refractivity contribution in [1.82, 2.24) is 25.2 Å². The zero-order valence-corrected chi connectivity index (χ0v) is 20.0. The summed E-state index contributed by atoms with van der Waals surface area (Å²) in [5.41, 5.74) is 6.20. The Morgan fingerprint density at radius 2 is 1.88 bits per heavy atom. The van der Waals surface area contributed by atoms with E-state index in [-0.39, 0.29) is 23.7 Å². The summed E-state index contributed by atoms with van der Waals surface area (Å²) >= 11 is 0. The van der Waals surface area contributed by atoms with Crippen molar-refractivity contribution in [2.24, 2.45) is 0 Å². The van der Waals surface area contributed by atoms with Crippen LogP contribution in [0, 0.1) is 13.8 Å². The zero-order chi connectivity index (χ0) is 23.4. The lowest BCUT2D eigenvalue weighted by Gasteiger charge is -2.34. The van der Waals surface area contributed by atoms with Gasteiger partial charge in [0.05, 0.1) is 11.6 Å². The van der Waals surface area contributed by atoms with Crippen LogP contribution in [0.1, 0.15) is 72.8 Å². The minimum absolute atomic E-state index is 0.0815. The van der Waals surface area contributed by atoms with Gasteiger partial charge in [0.2, 0.25) is 0 Å². The first kappa shape index (κ1) is 21.1. The molecule has 34 heavy (non-hydrogen) atoms. The van der Waals surface area contributed by atoms with Crippen molar-refractivity contribution in [2.75, 3.05) is 4.90 Å². The molecule has 1 aliphatic heterocycles. The van der Waals surface area contributed by atoms with Crippen molar-refractivity contribution in [3.63, 3.8) is 0 Å². The second-order valence-corrected chi connectivity index (χ2v) is 10.0. The number of H-pyrrole nitrogens is 1. The van der Waals surface area contributed by atoms with Gasteiger partial charge in [-0.2, -0.15) is 0 Å². The lowest BCUT2D eigenvalue weighted by Crippen LogP contribution is -2.39. The predicted molar refractivity (Wildman–Crippen MR) is 133 cm³/mol. The van der Waals surface area contributed by atoms with Gasteiger partial charge < -0.3 is 9.88 Å². The van der Waals surface area contributed by atoms with Gasteiger partial charge in [0.15, 0.2) is 5.82 Å². The van der Waals surface area contributed by atoms with Crippen molar-refractivity contribution in [3.05, 3.63) is 80.9 Å². The molecule has 174 valence electrons. The third-order valence-electron chi connectivity index (χ3n) is 7.59. The first-order chi connectivity index (χ1) is 16.5. The molecule has 0 amide bonds. The Hall–Kier alpha value is -3.48. The third kappa shape index (κ3) is 3.33. The van der Waals surface area contributed by atoms with E-state index in [2.05, 4.69) is 81.7 Å². The third-order valence-corrected chi connectivity index (χ3v) is 7.59. The molecular formula is C27H30N6O. The van der Waals surface area contributed by atoms with Gasteiger partial charge in [0.1, 0.15) is 6.04 Å². The average molecular weight is 455 g/mol. The van der Waals surface area contributed by atoms with Crippen LogP contribution in [0.5, 0.6) is 0 Å². The van der Waals surface area contributed by atoms with Gasteiger partial charge in [-0.15, -0.1) is 5.10 Å². The number of nitrogens with zero attached hydrogens (tertiary/aromatic N) is 5. The Morgan fingerprint density at radius 1 is 1.09 bits per heavy atom. The lowest BCUT2D eigenvalue weighted by molar-refractivity contribution is 0.423. The van der Waals surface area contributed by atoms with Crippen LogP contribution in [0.4, 0.5) is 5.69 Å². The number of hydrogen-bond acceptors (Lipinski definition) is 5. The van der Waals surface area contributed by atoms with Crippen LogP contribution in [0.25, 0.3) is 10.9 Å². The molecule has 0 saturated heterocycles. The molecule has 2 aliphatic rings. The molecule has 1 saturated carbocycles. The molecule has 3 heterocycles. The van der Waals surface area contributed by atoms with E-state index in [0.717, 1.165) is 47.2 Å². The summed E-state index contributed by atoms with van der Waals surface area (Å²) in [6.45, 7) is 6.36. The van der Waals surface area contributed by atoms with Crippen LogP contribution in [-0.2, 0) is 6.42 Å². The Kier molecular flexibility index (Phi) is 5.01. The largest absolute Gasteiger partial charge is 0.354 e. The molecule has 4 aromatic rings. The molecule has 7 heteroatoms. The van der Waals surface area contributed by atoms with Crippen molar-refractivity contribution < 1.29 is 0 Å². The highest BCUT2D eigenvalue weighted by Crippen LogP contribution is 2.42.